The fourth-order valence-electron chi connectivity index (χ4n) is 1.20. The minimum atomic E-state index is -4.25. The monoisotopic (exact) mass is 277 g/mol. The molecular weight excluding hydrogens is 266 g/mol. The second kappa shape index (κ2) is 4.96. The van der Waals surface area contributed by atoms with Gasteiger partial charge in [-0.3, -0.25) is 4.72 Å². The van der Waals surface area contributed by atoms with E-state index in [1.54, 1.807) is 0 Å². The first-order valence-corrected chi connectivity index (χ1v) is 6.05. The van der Waals surface area contributed by atoms with E-state index in [4.69, 9.17) is 5.11 Å². The van der Waals surface area contributed by atoms with Gasteiger partial charge in [0.2, 0.25) is 0 Å². The lowest BCUT2D eigenvalue weighted by Crippen LogP contribution is -2.35. The molecule has 1 rings (SSSR count). The van der Waals surface area contributed by atoms with Crippen molar-refractivity contribution in [3.05, 3.63) is 17.5 Å². The predicted octanol–water partition coefficient (Wildman–Crippen LogP) is 0.0340. The maximum absolute atomic E-state index is 11.4. The molecule has 0 aliphatic heterocycles. The third kappa shape index (κ3) is 3.13. The Hall–Kier alpha value is -2.23. The minimum Gasteiger partial charge on any atom is -0.478 e. The number of hydrogen-bond donors (Lipinski definition) is 4. The Morgan fingerprint density at radius 3 is 2.56 bits per heavy atom. The summed E-state index contributed by atoms with van der Waals surface area (Å²) in [5.41, 5.74) is -0.139. The number of amides is 1. The number of carboxylic acids is 1. The number of aryl methyl sites for hydroxylation is 1. The zero-order valence-electron chi connectivity index (χ0n) is 9.47. The minimum absolute atomic E-state index is 0.184. The van der Waals surface area contributed by atoms with Gasteiger partial charge in [-0.2, -0.15) is 8.42 Å². The summed E-state index contributed by atoms with van der Waals surface area (Å²) in [6.07, 6.45) is -0.0263. The molecule has 4 N–H and O–H groups in total. The van der Waals surface area contributed by atoms with E-state index in [9.17, 15) is 18.0 Å². The largest absolute Gasteiger partial charge is 0.478 e. The molecule has 1 amide bonds. The van der Waals surface area contributed by atoms with E-state index in [1.165, 1.54) is 11.6 Å². The van der Waals surface area contributed by atoms with Gasteiger partial charge < -0.3 is 14.8 Å². The summed E-state index contributed by atoms with van der Waals surface area (Å²) in [7, 11) is -3.25. The van der Waals surface area contributed by atoms with Crippen LogP contribution >= 0.6 is 0 Å². The standard InChI is InChI=1S/C8H11N3O6S/c1-4-6(7(12)13)5(3-9-4)10-18(15,16)11-8(14)17-2/h3,9-10H,1-2H3,(H,11,14)(H,12,13). The van der Waals surface area contributed by atoms with Crippen LogP contribution in [0.15, 0.2) is 6.20 Å². The molecule has 0 unspecified atom stereocenters. The van der Waals surface area contributed by atoms with Gasteiger partial charge in [-0.25, -0.2) is 14.3 Å². The third-order valence-corrected chi connectivity index (χ3v) is 2.86. The van der Waals surface area contributed by atoms with Crippen molar-refractivity contribution in [2.75, 3.05) is 11.8 Å². The number of aromatic nitrogens is 1. The molecule has 0 spiro atoms. The van der Waals surface area contributed by atoms with Gasteiger partial charge in [0.1, 0.15) is 5.56 Å². The van der Waals surface area contributed by atoms with Crippen LogP contribution in [0.1, 0.15) is 16.1 Å². The number of methoxy groups -OCH3 is 1. The lowest BCUT2D eigenvalue weighted by atomic mass is 10.2. The summed E-state index contributed by atoms with van der Waals surface area (Å²) >= 11 is 0. The van der Waals surface area contributed by atoms with Gasteiger partial charge in [0.05, 0.1) is 12.8 Å². The summed E-state index contributed by atoms with van der Waals surface area (Å²) in [6, 6.07) is 0. The number of H-pyrrole nitrogens is 1. The molecule has 0 aliphatic rings. The molecule has 1 aromatic rings. The number of anilines is 1. The van der Waals surface area contributed by atoms with Crippen molar-refractivity contribution in [3.8, 4) is 0 Å². The van der Waals surface area contributed by atoms with Crippen molar-refractivity contribution < 1.29 is 27.9 Å². The van der Waals surface area contributed by atoms with Gasteiger partial charge in [-0.05, 0) is 6.92 Å². The van der Waals surface area contributed by atoms with Crippen molar-refractivity contribution in [1.29, 1.82) is 0 Å². The molecular formula is C8H11N3O6S. The predicted molar refractivity (Wildman–Crippen MR) is 60.6 cm³/mol. The third-order valence-electron chi connectivity index (χ3n) is 1.94. The van der Waals surface area contributed by atoms with Gasteiger partial charge in [0, 0.05) is 11.9 Å². The quantitative estimate of drug-likeness (QED) is 0.612. The number of aromatic carboxylic acids is 1. The van der Waals surface area contributed by atoms with Crippen LogP contribution in [0.25, 0.3) is 0 Å². The fraction of sp³-hybridized carbons (Fsp3) is 0.250. The van der Waals surface area contributed by atoms with E-state index in [2.05, 4.69) is 9.72 Å². The molecule has 0 saturated heterocycles. The fourth-order valence-corrected chi connectivity index (χ4v) is 2.01. The molecule has 0 aliphatic carbocycles. The van der Waals surface area contributed by atoms with Gasteiger partial charge in [0.15, 0.2) is 0 Å². The SMILES string of the molecule is COC(=O)NS(=O)(=O)Nc1c[nH]c(C)c1C(=O)O. The number of aromatic amines is 1. The Balaban J connectivity index is 2.98. The number of rotatable bonds is 4. The Kier molecular flexibility index (Phi) is 3.81. The van der Waals surface area contributed by atoms with Crippen LogP contribution in [0.5, 0.6) is 0 Å². The Bertz CT molecular complexity index is 576. The first-order chi connectivity index (χ1) is 8.26. The van der Waals surface area contributed by atoms with E-state index >= 15 is 0 Å². The van der Waals surface area contributed by atoms with E-state index in [0.29, 0.717) is 0 Å². The first kappa shape index (κ1) is 13.8. The zero-order chi connectivity index (χ0) is 13.9. The Morgan fingerprint density at radius 2 is 2.06 bits per heavy atom. The lowest BCUT2D eigenvalue weighted by molar-refractivity contribution is 0.0697. The molecule has 100 valence electrons. The van der Waals surface area contributed by atoms with Crippen LogP contribution < -0.4 is 9.44 Å². The van der Waals surface area contributed by atoms with Crippen molar-refractivity contribution >= 4 is 28.0 Å². The number of nitrogens with one attached hydrogen (secondary N) is 3. The van der Waals surface area contributed by atoms with Gasteiger partial charge in [-0.15, -0.1) is 0 Å². The molecule has 0 bridgehead atoms. The normalized spacial score (nSPS) is 10.8. The zero-order valence-corrected chi connectivity index (χ0v) is 10.3. The average molecular weight is 277 g/mol. The molecule has 18 heavy (non-hydrogen) atoms. The van der Waals surface area contributed by atoms with E-state index in [1.807, 2.05) is 4.72 Å². The van der Waals surface area contributed by atoms with E-state index < -0.39 is 22.3 Å². The second-order valence-corrected chi connectivity index (χ2v) is 4.62. The molecule has 0 saturated carbocycles. The van der Waals surface area contributed by atoms with Crippen LogP contribution in [-0.2, 0) is 14.9 Å². The number of ether oxygens (including phenoxy) is 1. The molecule has 0 fully saturated rings. The molecule has 1 aromatic heterocycles. The van der Waals surface area contributed by atoms with Crippen LogP contribution in [-0.4, -0.2) is 37.7 Å². The number of carbonyl (C=O) groups excluding carboxylic acids is 1. The maximum atomic E-state index is 11.4. The molecule has 1 heterocycles. The number of carboxylic acid groups (broad SMARTS) is 1. The lowest BCUT2D eigenvalue weighted by Gasteiger charge is -2.07. The van der Waals surface area contributed by atoms with E-state index in [-0.39, 0.29) is 16.9 Å². The van der Waals surface area contributed by atoms with Crippen LogP contribution in [0, 0.1) is 6.92 Å². The van der Waals surface area contributed by atoms with Gasteiger partial charge in [0.25, 0.3) is 0 Å². The molecule has 0 atom stereocenters. The molecule has 9 nitrogen and oxygen atoms in total. The van der Waals surface area contributed by atoms with Crippen molar-refractivity contribution in [2.24, 2.45) is 0 Å². The summed E-state index contributed by atoms with van der Waals surface area (Å²) in [5.74, 6) is -1.30. The summed E-state index contributed by atoms with van der Waals surface area (Å²) in [5, 5.41) is 8.89. The van der Waals surface area contributed by atoms with Gasteiger partial charge in [-0.1, -0.05) is 0 Å². The van der Waals surface area contributed by atoms with Crippen molar-refractivity contribution in [3.63, 3.8) is 0 Å². The van der Waals surface area contributed by atoms with Crippen molar-refractivity contribution in [1.82, 2.24) is 9.71 Å². The average Bonchev–Trinajstić information content (AvgIpc) is 2.57. The summed E-state index contributed by atoms with van der Waals surface area (Å²) in [6.45, 7) is 1.47. The smallest absolute Gasteiger partial charge is 0.422 e. The number of carbonyl (C=O) groups is 2. The van der Waals surface area contributed by atoms with Crippen LogP contribution in [0.3, 0.4) is 0 Å². The highest BCUT2D eigenvalue weighted by atomic mass is 32.2. The van der Waals surface area contributed by atoms with Crippen LogP contribution in [0.2, 0.25) is 0 Å². The number of hydrogen-bond acceptors (Lipinski definition) is 5. The summed E-state index contributed by atoms with van der Waals surface area (Å²) in [4.78, 5) is 24.2. The highest BCUT2D eigenvalue weighted by Gasteiger charge is 2.21. The Labute approximate surface area is 102 Å². The molecule has 0 radical (unpaired) electrons. The highest BCUT2D eigenvalue weighted by molar-refractivity contribution is 7.91. The topological polar surface area (TPSA) is 138 Å². The van der Waals surface area contributed by atoms with E-state index in [0.717, 1.165) is 13.3 Å². The van der Waals surface area contributed by atoms with Crippen molar-refractivity contribution in [2.45, 2.75) is 6.92 Å². The maximum Gasteiger partial charge on any atom is 0.422 e. The molecule has 0 aromatic carbocycles. The van der Waals surface area contributed by atoms with Gasteiger partial charge >= 0.3 is 22.3 Å². The highest BCUT2D eigenvalue weighted by Crippen LogP contribution is 2.19. The summed E-state index contributed by atoms with van der Waals surface area (Å²) < 4.78 is 30.4. The molecule has 10 heteroatoms. The first-order valence-electron chi connectivity index (χ1n) is 4.56. The second-order valence-electron chi connectivity index (χ2n) is 3.21. The van der Waals surface area contributed by atoms with Crippen LogP contribution in [0.4, 0.5) is 10.5 Å². The Morgan fingerprint density at radius 1 is 1.44 bits per heavy atom.